The van der Waals surface area contributed by atoms with Crippen molar-refractivity contribution in [3.8, 4) is 6.07 Å². The van der Waals surface area contributed by atoms with E-state index in [1.165, 1.54) is 19.3 Å². The van der Waals surface area contributed by atoms with Gasteiger partial charge in [0, 0.05) is 0 Å². The Morgan fingerprint density at radius 1 is 1.05 bits per heavy atom. The van der Waals surface area contributed by atoms with E-state index in [1.807, 2.05) is 13.0 Å². The van der Waals surface area contributed by atoms with Crippen LogP contribution in [0.2, 0.25) is 0 Å². The van der Waals surface area contributed by atoms with Crippen molar-refractivity contribution in [2.45, 2.75) is 66.2 Å². The summed E-state index contributed by atoms with van der Waals surface area (Å²) in [6.45, 7) is 8.57. The predicted octanol–water partition coefficient (Wildman–Crippen LogP) is 0.149. The molecule has 0 saturated carbocycles. The van der Waals surface area contributed by atoms with E-state index < -0.39 is 11.9 Å². The average Bonchev–Trinajstić information content (AvgIpc) is 2.28. The first-order valence-electron chi connectivity index (χ1n) is 7.48. The average molecular weight is 289 g/mol. The standard InChI is InChI=1S/C16H29NO2.Na/c1-12(2)7-5-8-13(3)9-6-10-14(4)15(11-17)16(18)19;/h12-15H,5-10H2,1-4H3,(H,18,19);/q;+1/p-1. The van der Waals surface area contributed by atoms with Gasteiger partial charge < -0.3 is 9.90 Å². The van der Waals surface area contributed by atoms with Crippen molar-refractivity contribution in [2.75, 3.05) is 0 Å². The van der Waals surface area contributed by atoms with Crippen molar-refractivity contribution in [1.82, 2.24) is 0 Å². The van der Waals surface area contributed by atoms with E-state index in [0.29, 0.717) is 5.92 Å². The summed E-state index contributed by atoms with van der Waals surface area (Å²) < 4.78 is 0. The van der Waals surface area contributed by atoms with E-state index in [4.69, 9.17) is 5.26 Å². The number of carbonyl (C=O) groups is 1. The number of hydrogen-bond donors (Lipinski definition) is 0. The van der Waals surface area contributed by atoms with Gasteiger partial charge in [-0.15, -0.1) is 0 Å². The van der Waals surface area contributed by atoms with Crippen molar-refractivity contribution in [2.24, 2.45) is 23.7 Å². The monoisotopic (exact) mass is 289 g/mol. The zero-order valence-corrected chi connectivity index (χ0v) is 15.8. The van der Waals surface area contributed by atoms with Crippen molar-refractivity contribution < 1.29 is 39.5 Å². The fourth-order valence-electron chi connectivity index (χ4n) is 2.39. The van der Waals surface area contributed by atoms with E-state index in [0.717, 1.165) is 25.2 Å². The second-order valence-electron chi connectivity index (χ2n) is 6.26. The summed E-state index contributed by atoms with van der Waals surface area (Å²) in [6, 6.07) is 1.82. The van der Waals surface area contributed by atoms with Crippen LogP contribution in [0, 0.1) is 35.0 Å². The molecule has 0 aliphatic carbocycles. The quantitative estimate of drug-likeness (QED) is 0.538. The molecule has 0 aliphatic rings. The number of carboxylic acids is 1. The molecule has 0 aromatic rings. The number of nitriles is 1. The molecule has 0 spiro atoms. The van der Waals surface area contributed by atoms with E-state index >= 15 is 0 Å². The molecule has 0 fully saturated rings. The van der Waals surface area contributed by atoms with Gasteiger partial charge in [0.1, 0.15) is 0 Å². The predicted molar refractivity (Wildman–Crippen MR) is 75.0 cm³/mol. The Labute approximate surface area is 146 Å². The van der Waals surface area contributed by atoms with Gasteiger partial charge in [0.15, 0.2) is 0 Å². The normalized spacial score (nSPS) is 15.0. The topological polar surface area (TPSA) is 63.9 Å². The van der Waals surface area contributed by atoms with Gasteiger partial charge in [-0.25, -0.2) is 0 Å². The van der Waals surface area contributed by atoms with Gasteiger partial charge in [0.25, 0.3) is 0 Å². The zero-order valence-electron chi connectivity index (χ0n) is 13.8. The molecular weight excluding hydrogens is 261 g/mol. The van der Waals surface area contributed by atoms with E-state index in [9.17, 15) is 9.90 Å². The number of aliphatic carboxylic acids is 1. The summed E-state index contributed by atoms with van der Waals surface area (Å²) in [6.07, 6.45) is 6.70. The van der Waals surface area contributed by atoms with E-state index in [2.05, 4.69) is 20.8 Å². The number of nitrogens with zero attached hydrogens (tertiary/aromatic N) is 1. The second-order valence-corrected chi connectivity index (χ2v) is 6.26. The number of carboxylic acid groups (broad SMARTS) is 1. The first kappa shape index (κ1) is 22.2. The Kier molecular flexibility index (Phi) is 14.1. The number of carbonyl (C=O) groups excluding carboxylic acids is 1. The first-order valence-corrected chi connectivity index (χ1v) is 7.48. The molecule has 0 amide bonds. The first-order chi connectivity index (χ1) is 8.88. The van der Waals surface area contributed by atoms with Gasteiger partial charge in [-0.05, 0) is 24.2 Å². The van der Waals surface area contributed by atoms with Gasteiger partial charge in [-0.3, -0.25) is 0 Å². The fraction of sp³-hybridized carbons (Fsp3) is 0.875. The molecule has 20 heavy (non-hydrogen) atoms. The molecule has 0 radical (unpaired) electrons. The van der Waals surface area contributed by atoms with Crippen molar-refractivity contribution >= 4 is 5.97 Å². The summed E-state index contributed by atoms with van der Waals surface area (Å²) in [5.41, 5.74) is 0. The van der Waals surface area contributed by atoms with Gasteiger partial charge >= 0.3 is 29.6 Å². The fourth-order valence-corrected chi connectivity index (χ4v) is 2.39. The molecule has 4 heteroatoms. The van der Waals surface area contributed by atoms with Crippen molar-refractivity contribution in [3.63, 3.8) is 0 Å². The Morgan fingerprint density at radius 2 is 1.55 bits per heavy atom. The molecule has 3 atom stereocenters. The molecule has 3 unspecified atom stereocenters. The molecule has 0 N–H and O–H groups in total. The maximum atomic E-state index is 10.7. The largest absolute Gasteiger partial charge is 1.00 e. The van der Waals surface area contributed by atoms with Crippen LogP contribution in [0.1, 0.15) is 66.2 Å². The SMILES string of the molecule is CC(C)CCCC(C)CCCC(C)C(C#N)C(=O)[O-].[Na+]. The van der Waals surface area contributed by atoms with Crippen LogP contribution in [0.3, 0.4) is 0 Å². The minimum atomic E-state index is -1.24. The summed E-state index contributed by atoms with van der Waals surface area (Å²) in [7, 11) is 0. The van der Waals surface area contributed by atoms with Crippen LogP contribution in [0.4, 0.5) is 0 Å². The van der Waals surface area contributed by atoms with Crippen LogP contribution in [-0.2, 0) is 4.79 Å². The Bertz CT molecular complexity index is 299. The summed E-state index contributed by atoms with van der Waals surface area (Å²) >= 11 is 0. The third kappa shape index (κ3) is 10.7. The molecule has 0 aliphatic heterocycles. The van der Waals surface area contributed by atoms with Crippen LogP contribution < -0.4 is 34.7 Å². The maximum Gasteiger partial charge on any atom is 1.00 e. The van der Waals surface area contributed by atoms with Crippen LogP contribution in [0.5, 0.6) is 0 Å². The molecule has 0 saturated heterocycles. The molecule has 3 nitrogen and oxygen atoms in total. The van der Waals surface area contributed by atoms with E-state index in [1.54, 1.807) is 0 Å². The molecule has 0 aromatic carbocycles. The van der Waals surface area contributed by atoms with Crippen molar-refractivity contribution in [1.29, 1.82) is 5.26 Å². The molecule has 110 valence electrons. The molecule has 0 aromatic heterocycles. The van der Waals surface area contributed by atoms with Gasteiger partial charge in [0.05, 0.1) is 18.0 Å². The summed E-state index contributed by atoms with van der Waals surface area (Å²) in [5, 5.41) is 19.5. The van der Waals surface area contributed by atoms with Gasteiger partial charge in [0.2, 0.25) is 0 Å². The Balaban J connectivity index is 0. The molecule has 0 bridgehead atoms. The second kappa shape index (κ2) is 12.7. The van der Waals surface area contributed by atoms with Crippen LogP contribution in [0.15, 0.2) is 0 Å². The Hall–Kier alpha value is -0.0400. The molecule has 0 heterocycles. The van der Waals surface area contributed by atoms with Crippen molar-refractivity contribution in [3.05, 3.63) is 0 Å². The maximum absolute atomic E-state index is 10.7. The minimum absolute atomic E-state index is 0. The van der Waals surface area contributed by atoms with E-state index in [-0.39, 0.29) is 35.5 Å². The van der Waals surface area contributed by atoms with Crippen LogP contribution in [0.25, 0.3) is 0 Å². The summed E-state index contributed by atoms with van der Waals surface area (Å²) in [4.78, 5) is 10.7. The van der Waals surface area contributed by atoms with Crippen LogP contribution in [-0.4, -0.2) is 5.97 Å². The third-order valence-corrected chi connectivity index (χ3v) is 3.80. The van der Waals surface area contributed by atoms with Gasteiger partial charge in [-0.1, -0.05) is 59.8 Å². The zero-order chi connectivity index (χ0) is 14.8. The summed E-state index contributed by atoms with van der Waals surface area (Å²) in [5.74, 6) is -0.852. The van der Waals surface area contributed by atoms with Gasteiger partial charge in [-0.2, -0.15) is 5.26 Å². The molecule has 0 rings (SSSR count). The minimum Gasteiger partial charge on any atom is -0.549 e. The number of hydrogen-bond acceptors (Lipinski definition) is 3. The smallest absolute Gasteiger partial charge is 0.549 e. The number of rotatable bonds is 10. The molecular formula is C16H28NNaO2. The van der Waals surface area contributed by atoms with Crippen LogP contribution >= 0.6 is 0 Å². The Morgan fingerprint density at radius 3 is 1.95 bits per heavy atom. The third-order valence-electron chi connectivity index (χ3n) is 3.80.